The van der Waals surface area contributed by atoms with Crippen LogP contribution in [0.15, 0.2) is 27.5 Å². The molecule has 1 amide bonds. The Hall–Kier alpha value is -2.48. The van der Waals surface area contributed by atoms with Crippen molar-refractivity contribution in [2.75, 3.05) is 13.1 Å². The summed E-state index contributed by atoms with van der Waals surface area (Å²) in [6, 6.07) is 4.76. The molecule has 0 N–H and O–H groups in total. The third-order valence-corrected chi connectivity index (χ3v) is 5.44. The second-order valence-electron chi connectivity index (χ2n) is 7.11. The van der Waals surface area contributed by atoms with E-state index in [9.17, 15) is 9.59 Å². The molecule has 2 aromatic rings. The quantitative estimate of drug-likeness (QED) is 0.810. The maximum Gasteiger partial charge on any atom is 0.270 e. The fraction of sp³-hybridized carbons (Fsp3) is 0.556. The maximum absolute atomic E-state index is 12.8. The summed E-state index contributed by atoms with van der Waals surface area (Å²) in [5.41, 5.74) is 0.00741. The summed E-state index contributed by atoms with van der Waals surface area (Å²) in [7, 11) is 1.62. The smallest absolute Gasteiger partial charge is 0.270 e. The molecule has 26 heavy (non-hydrogen) atoms. The summed E-state index contributed by atoms with van der Waals surface area (Å²) in [4.78, 5) is 30.6. The van der Waals surface area contributed by atoms with Gasteiger partial charge in [0.15, 0.2) is 5.82 Å². The van der Waals surface area contributed by atoms with Crippen LogP contribution in [-0.4, -0.2) is 44.2 Å². The number of amides is 1. The fourth-order valence-corrected chi connectivity index (χ4v) is 3.86. The predicted octanol–water partition coefficient (Wildman–Crippen LogP) is 1.60. The van der Waals surface area contributed by atoms with Crippen LogP contribution in [0.3, 0.4) is 0 Å². The molecule has 2 fully saturated rings. The molecule has 8 nitrogen and oxygen atoms in total. The van der Waals surface area contributed by atoms with Crippen molar-refractivity contribution in [3.05, 3.63) is 46.0 Å². The Morgan fingerprint density at radius 2 is 2.04 bits per heavy atom. The van der Waals surface area contributed by atoms with Crippen LogP contribution in [0.5, 0.6) is 0 Å². The van der Waals surface area contributed by atoms with Crippen molar-refractivity contribution < 1.29 is 14.1 Å². The minimum Gasteiger partial charge on any atom is -0.362 e. The highest BCUT2D eigenvalue weighted by molar-refractivity contribution is 5.92. The Labute approximate surface area is 150 Å². The summed E-state index contributed by atoms with van der Waals surface area (Å²) >= 11 is 0. The molecular weight excluding hydrogens is 336 g/mol. The van der Waals surface area contributed by atoms with E-state index >= 15 is 0 Å². The molecule has 4 heterocycles. The van der Waals surface area contributed by atoms with E-state index < -0.39 is 0 Å². The summed E-state index contributed by atoms with van der Waals surface area (Å²) < 4.78 is 12.9. The molecule has 1 unspecified atom stereocenters. The molecule has 0 bridgehead atoms. The zero-order chi connectivity index (χ0) is 18.3. The van der Waals surface area contributed by atoms with E-state index in [4.69, 9.17) is 9.26 Å². The number of pyridine rings is 1. The van der Waals surface area contributed by atoms with Crippen molar-refractivity contribution in [3.63, 3.8) is 0 Å². The Morgan fingerprint density at radius 1 is 1.27 bits per heavy atom. The Morgan fingerprint density at radius 3 is 2.73 bits per heavy atom. The molecule has 1 atom stereocenters. The van der Waals surface area contributed by atoms with Gasteiger partial charge in [0.05, 0.1) is 5.60 Å². The first-order valence-corrected chi connectivity index (χ1v) is 8.91. The van der Waals surface area contributed by atoms with Crippen molar-refractivity contribution in [2.24, 2.45) is 7.05 Å². The van der Waals surface area contributed by atoms with Gasteiger partial charge in [0.2, 0.25) is 0 Å². The van der Waals surface area contributed by atoms with Crippen molar-refractivity contribution >= 4 is 5.91 Å². The van der Waals surface area contributed by atoms with Gasteiger partial charge in [-0.15, -0.1) is 0 Å². The molecule has 2 aliphatic heterocycles. The number of ether oxygens (including phenoxy) is 1. The van der Waals surface area contributed by atoms with Crippen LogP contribution in [-0.2, 0) is 11.8 Å². The third-order valence-electron chi connectivity index (χ3n) is 5.44. The lowest BCUT2D eigenvalue weighted by atomic mass is 9.88. The van der Waals surface area contributed by atoms with Crippen LogP contribution < -0.4 is 5.56 Å². The van der Waals surface area contributed by atoms with E-state index in [0.717, 1.165) is 25.7 Å². The molecule has 2 aromatic heterocycles. The normalized spacial score (nSPS) is 22.1. The summed E-state index contributed by atoms with van der Waals surface area (Å²) in [5, 5.41) is 3.83. The van der Waals surface area contributed by atoms with Crippen LogP contribution in [0.4, 0.5) is 0 Å². The van der Waals surface area contributed by atoms with Gasteiger partial charge in [-0.2, -0.15) is 4.98 Å². The predicted molar refractivity (Wildman–Crippen MR) is 91.6 cm³/mol. The second-order valence-corrected chi connectivity index (χ2v) is 7.11. The minimum atomic E-state index is -0.230. The van der Waals surface area contributed by atoms with E-state index in [2.05, 4.69) is 10.1 Å². The number of carbonyl (C=O) groups excluding carboxylic acids is 1. The van der Waals surface area contributed by atoms with Crippen LogP contribution >= 0.6 is 0 Å². The Balaban J connectivity index is 1.42. The number of aromatic nitrogens is 3. The monoisotopic (exact) mass is 358 g/mol. The molecule has 1 spiro atoms. The van der Waals surface area contributed by atoms with Gasteiger partial charge < -0.3 is 18.7 Å². The highest BCUT2D eigenvalue weighted by Gasteiger charge is 2.45. The number of nitrogens with zero attached hydrogens (tertiary/aromatic N) is 4. The minimum absolute atomic E-state index is 0.109. The fourth-order valence-electron chi connectivity index (χ4n) is 3.86. The van der Waals surface area contributed by atoms with Gasteiger partial charge in [0.1, 0.15) is 11.8 Å². The number of piperidine rings is 1. The van der Waals surface area contributed by atoms with E-state index in [0.29, 0.717) is 30.5 Å². The highest BCUT2D eigenvalue weighted by atomic mass is 16.5. The van der Waals surface area contributed by atoms with Gasteiger partial charge in [-0.1, -0.05) is 11.2 Å². The topological polar surface area (TPSA) is 90.5 Å². The molecule has 0 aromatic carbocycles. The average molecular weight is 358 g/mol. The molecule has 0 aliphatic carbocycles. The lowest BCUT2D eigenvalue weighted by Crippen LogP contribution is -2.47. The first-order valence-electron chi connectivity index (χ1n) is 8.91. The number of hydrogen-bond donors (Lipinski definition) is 0. The Bertz CT molecular complexity index is 879. The van der Waals surface area contributed by atoms with Gasteiger partial charge in [-0.3, -0.25) is 9.59 Å². The first-order chi connectivity index (χ1) is 12.5. The van der Waals surface area contributed by atoms with Gasteiger partial charge in [-0.25, -0.2) is 0 Å². The summed E-state index contributed by atoms with van der Waals surface area (Å²) in [6.07, 6.45) is 3.15. The molecule has 4 rings (SSSR count). The molecule has 138 valence electrons. The lowest BCUT2D eigenvalue weighted by molar-refractivity contribution is -0.0821. The molecule has 0 radical (unpaired) electrons. The average Bonchev–Trinajstić information content (AvgIpc) is 3.24. The number of rotatable bonds is 2. The van der Waals surface area contributed by atoms with Crippen LogP contribution in [0.2, 0.25) is 0 Å². The van der Waals surface area contributed by atoms with Crippen molar-refractivity contribution in [3.8, 4) is 0 Å². The second kappa shape index (κ2) is 6.35. The van der Waals surface area contributed by atoms with Gasteiger partial charge in [-0.05, 0) is 38.7 Å². The van der Waals surface area contributed by atoms with Crippen LogP contribution in [0.1, 0.15) is 54.0 Å². The standard InChI is InChI=1S/C18H22N4O4/c1-12-19-16(26-20-12)14-6-7-18(25-14)8-10-22(11-9-18)17(24)13-4-3-5-15(23)21(13)2/h3-5,14H,6-11H2,1-2H3. The van der Waals surface area contributed by atoms with Crippen LogP contribution in [0, 0.1) is 6.92 Å². The SMILES string of the molecule is Cc1noc(C2CCC3(CCN(C(=O)c4cccc(=O)n4C)CC3)O2)n1. The number of aryl methyl sites for hydroxylation is 1. The molecule has 2 saturated heterocycles. The zero-order valence-electron chi connectivity index (χ0n) is 15.0. The first kappa shape index (κ1) is 17.0. The van der Waals surface area contributed by atoms with Gasteiger partial charge in [0, 0.05) is 26.2 Å². The zero-order valence-corrected chi connectivity index (χ0v) is 15.0. The van der Waals surface area contributed by atoms with Crippen molar-refractivity contribution in [2.45, 2.75) is 44.3 Å². The molecule has 2 aliphatic rings. The third kappa shape index (κ3) is 2.94. The van der Waals surface area contributed by atoms with Gasteiger partial charge in [0.25, 0.3) is 17.4 Å². The number of hydrogen-bond acceptors (Lipinski definition) is 6. The highest BCUT2D eigenvalue weighted by Crippen LogP contribution is 2.44. The van der Waals surface area contributed by atoms with E-state index in [1.807, 2.05) is 0 Å². The van der Waals surface area contributed by atoms with Crippen LogP contribution in [0.25, 0.3) is 0 Å². The molecular formula is C18H22N4O4. The molecule has 8 heteroatoms. The largest absolute Gasteiger partial charge is 0.362 e. The Kier molecular flexibility index (Phi) is 4.14. The lowest BCUT2D eigenvalue weighted by Gasteiger charge is -2.39. The summed E-state index contributed by atoms with van der Waals surface area (Å²) in [6.45, 7) is 3.01. The number of carbonyl (C=O) groups is 1. The maximum atomic E-state index is 12.8. The number of likely N-dealkylation sites (tertiary alicyclic amines) is 1. The van der Waals surface area contributed by atoms with Crippen molar-refractivity contribution in [1.29, 1.82) is 0 Å². The molecule has 0 saturated carbocycles. The van der Waals surface area contributed by atoms with E-state index in [-0.39, 0.29) is 23.2 Å². The summed E-state index contributed by atoms with van der Waals surface area (Å²) in [5.74, 6) is 1.04. The van der Waals surface area contributed by atoms with E-state index in [1.54, 1.807) is 31.0 Å². The van der Waals surface area contributed by atoms with Gasteiger partial charge >= 0.3 is 0 Å². The van der Waals surface area contributed by atoms with E-state index in [1.165, 1.54) is 10.6 Å². The van der Waals surface area contributed by atoms with Crippen molar-refractivity contribution in [1.82, 2.24) is 19.6 Å².